The Bertz CT molecular complexity index is 351. The summed E-state index contributed by atoms with van der Waals surface area (Å²) >= 11 is 5.97. The number of aliphatic hydroxyl groups is 1. The fourth-order valence-electron chi connectivity index (χ4n) is 2.26. The molecular weight excluding hydrogens is 212 g/mol. The van der Waals surface area contributed by atoms with Crippen molar-refractivity contribution >= 4 is 11.6 Å². The van der Waals surface area contributed by atoms with Gasteiger partial charge >= 0.3 is 0 Å². The molecule has 1 aromatic carbocycles. The molecule has 3 heteroatoms. The lowest BCUT2D eigenvalue weighted by atomic mass is 9.96. The highest BCUT2D eigenvalue weighted by atomic mass is 35.5. The van der Waals surface area contributed by atoms with Crippen molar-refractivity contribution in [3.05, 3.63) is 28.8 Å². The second kappa shape index (κ2) is 4.42. The van der Waals surface area contributed by atoms with Crippen LogP contribution in [0.2, 0.25) is 5.02 Å². The molecule has 0 bridgehead atoms. The average molecular weight is 227 g/mol. The number of halogens is 1. The van der Waals surface area contributed by atoms with Gasteiger partial charge in [0, 0.05) is 5.02 Å². The third-order valence-electron chi connectivity index (χ3n) is 3.04. The van der Waals surface area contributed by atoms with Crippen molar-refractivity contribution in [2.75, 3.05) is 7.11 Å². The van der Waals surface area contributed by atoms with E-state index >= 15 is 0 Å². The molecule has 0 amide bonds. The van der Waals surface area contributed by atoms with Crippen LogP contribution in [0, 0.1) is 0 Å². The van der Waals surface area contributed by atoms with Crippen LogP contribution in [0.3, 0.4) is 0 Å². The maximum Gasteiger partial charge on any atom is 0.122 e. The zero-order chi connectivity index (χ0) is 10.8. The Kier molecular flexibility index (Phi) is 3.17. The number of ether oxygens (including phenoxy) is 1. The van der Waals surface area contributed by atoms with Crippen LogP contribution in [0.25, 0.3) is 0 Å². The molecule has 1 aliphatic carbocycles. The molecule has 2 unspecified atom stereocenters. The molecule has 1 N–H and O–H groups in total. The van der Waals surface area contributed by atoms with Crippen molar-refractivity contribution in [1.82, 2.24) is 0 Å². The average Bonchev–Trinajstić information content (AvgIpc) is 2.65. The van der Waals surface area contributed by atoms with Crippen LogP contribution in [0.4, 0.5) is 0 Å². The molecule has 0 aliphatic heterocycles. The van der Waals surface area contributed by atoms with Crippen molar-refractivity contribution in [3.63, 3.8) is 0 Å². The van der Waals surface area contributed by atoms with E-state index in [1.54, 1.807) is 7.11 Å². The zero-order valence-corrected chi connectivity index (χ0v) is 9.50. The minimum absolute atomic E-state index is 0.168. The summed E-state index contributed by atoms with van der Waals surface area (Å²) in [5.74, 6) is 1.26. The van der Waals surface area contributed by atoms with E-state index < -0.39 is 0 Å². The smallest absolute Gasteiger partial charge is 0.122 e. The van der Waals surface area contributed by atoms with E-state index in [1.165, 1.54) is 0 Å². The minimum atomic E-state index is -0.168. The van der Waals surface area contributed by atoms with Crippen LogP contribution in [0.1, 0.15) is 30.7 Å². The first-order valence-corrected chi connectivity index (χ1v) is 5.60. The van der Waals surface area contributed by atoms with Gasteiger partial charge in [0.15, 0.2) is 0 Å². The van der Waals surface area contributed by atoms with Gasteiger partial charge in [-0.25, -0.2) is 0 Å². The SMILES string of the molecule is COc1ccc(Cl)cc1C1CCC(O)C1. The fraction of sp³-hybridized carbons (Fsp3) is 0.500. The first kappa shape index (κ1) is 10.8. The molecular formula is C12H15ClO2. The number of rotatable bonds is 2. The Hall–Kier alpha value is -0.730. The molecule has 15 heavy (non-hydrogen) atoms. The molecule has 2 rings (SSSR count). The summed E-state index contributed by atoms with van der Waals surface area (Å²) in [6, 6.07) is 5.67. The van der Waals surface area contributed by atoms with E-state index in [0.717, 1.165) is 35.6 Å². The van der Waals surface area contributed by atoms with E-state index in [9.17, 15) is 5.11 Å². The van der Waals surface area contributed by atoms with Crippen LogP contribution in [-0.2, 0) is 0 Å². The summed E-state index contributed by atoms with van der Waals surface area (Å²) in [4.78, 5) is 0. The van der Waals surface area contributed by atoms with Crippen LogP contribution >= 0.6 is 11.6 Å². The first-order valence-electron chi connectivity index (χ1n) is 5.22. The summed E-state index contributed by atoms with van der Waals surface area (Å²) in [6.45, 7) is 0. The molecule has 1 aliphatic rings. The lowest BCUT2D eigenvalue weighted by Gasteiger charge is -2.14. The fourth-order valence-corrected chi connectivity index (χ4v) is 2.44. The van der Waals surface area contributed by atoms with Crippen molar-refractivity contribution in [3.8, 4) is 5.75 Å². The third kappa shape index (κ3) is 2.27. The van der Waals surface area contributed by atoms with Crippen LogP contribution < -0.4 is 4.74 Å². The van der Waals surface area contributed by atoms with E-state index in [-0.39, 0.29) is 6.10 Å². The van der Waals surface area contributed by atoms with Gasteiger partial charge in [-0.3, -0.25) is 0 Å². The highest BCUT2D eigenvalue weighted by molar-refractivity contribution is 6.30. The lowest BCUT2D eigenvalue weighted by molar-refractivity contribution is 0.181. The molecule has 82 valence electrons. The molecule has 2 nitrogen and oxygen atoms in total. The summed E-state index contributed by atoms with van der Waals surface area (Å²) < 4.78 is 5.31. The summed E-state index contributed by atoms with van der Waals surface area (Å²) in [6.07, 6.45) is 2.54. The summed E-state index contributed by atoms with van der Waals surface area (Å²) in [7, 11) is 1.66. The van der Waals surface area contributed by atoms with Gasteiger partial charge in [-0.1, -0.05) is 11.6 Å². The number of benzene rings is 1. The first-order chi connectivity index (χ1) is 7.20. The van der Waals surface area contributed by atoms with Crippen molar-refractivity contribution in [2.45, 2.75) is 31.3 Å². The molecule has 1 saturated carbocycles. The van der Waals surface area contributed by atoms with E-state index in [4.69, 9.17) is 16.3 Å². The van der Waals surface area contributed by atoms with Gasteiger partial charge in [-0.2, -0.15) is 0 Å². The Morgan fingerprint density at radius 3 is 2.80 bits per heavy atom. The predicted molar refractivity (Wildman–Crippen MR) is 60.6 cm³/mol. The van der Waals surface area contributed by atoms with Gasteiger partial charge < -0.3 is 9.84 Å². The maximum atomic E-state index is 9.52. The summed E-state index contributed by atoms with van der Waals surface area (Å²) in [5, 5.41) is 10.2. The van der Waals surface area contributed by atoms with Gasteiger partial charge in [0.2, 0.25) is 0 Å². The molecule has 1 fully saturated rings. The standard InChI is InChI=1S/C12H15ClO2/c1-15-12-5-3-9(13)7-11(12)8-2-4-10(14)6-8/h3,5,7-8,10,14H,2,4,6H2,1H3. The number of aliphatic hydroxyl groups excluding tert-OH is 1. The molecule has 0 heterocycles. The van der Waals surface area contributed by atoms with E-state index in [0.29, 0.717) is 5.92 Å². The lowest BCUT2D eigenvalue weighted by Crippen LogP contribution is -2.01. The maximum absolute atomic E-state index is 9.52. The molecule has 0 saturated heterocycles. The van der Waals surface area contributed by atoms with Crippen LogP contribution in [0.5, 0.6) is 5.75 Å². The van der Waals surface area contributed by atoms with Crippen LogP contribution in [0.15, 0.2) is 18.2 Å². The summed E-state index contributed by atoms with van der Waals surface area (Å²) in [5.41, 5.74) is 1.13. The number of hydrogen-bond donors (Lipinski definition) is 1. The van der Waals surface area contributed by atoms with E-state index in [1.807, 2.05) is 18.2 Å². The zero-order valence-electron chi connectivity index (χ0n) is 8.74. The van der Waals surface area contributed by atoms with Gasteiger partial charge in [-0.05, 0) is 48.9 Å². The minimum Gasteiger partial charge on any atom is -0.496 e. The van der Waals surface area contributed by atoms with Gasteiger partial charge in [0.25, 0.3) is 0 Å². The third-order valence-corrected chi connectivity index (χ3v) is 3.27. The van der Waals surface area contributed by atoms with Gasteiger partial charge in [0.05, 0.1) is 13.2 Å². The van der Waals surface area contributed by atoms with Crippen LogP contribution in [-0.4, -0.2) is 18.3 Å². The monoisotopic (exact) mass is 226 g/mol. The Balaban J connectivity index is 2.29. The van der Waals surface area contributed by atoms with Gasteiger partial charge in [-0.15, -0.1) is 0 Å². The van der Waals surface area contributed by atoms with E-state index in [2.05, 4.69) is 0 Å². The number of hydrogen-bond acceptors (Lipinski definition) is 2. The quantitative estimate of drug-likeness (QED) is 0.840. The van der Waals surface area contributed by atoms with Crippen molar-refractivity contribution in [1.29, 1.82) is 0 Å². The highest BCUT2D eigenvalue weighted by Gasteiger charge is 2.26. The molecule has 0 aromatic heterocycles. The van der Waals surface area contributed by atoms with Gasteiger partial charge in [0.1, 0.15) is 5.75 Å². The Morgan fingerprint density at radius 2 is 2.20 bits per heavy atom. The topological polar surface area (TPSA) is 29.5 Å². The molecule has 0 spiro atoms. The van der Waals surface area contributed by atoms with Crippen molar-refractivity contribution < 1.29 is 9.84 Å². The molecule has 0 radical (unpaired) electrons. The second-order valence-corrected chi connectivity index (χ2v) is 4.49. The largest absolute Gasteiger partial charge is 0.496 e. The molecule has 2 atom stereocenters. The predicted octanol–water partition coefficient (Wildman–Crippen LogP) is 2.98. The molecule has 1 aromatic rings. The Morgan fingerprint density at radius 1 is 1.40 bits per heavy atom. The second-order valence-electron chi connectivity index (χ2n) is 4.05. The normalized spacial score (nSPS) is 25.5. The van der Waals surface area contributed by atoms with Crippen molar-refractivity contribution in [2.24, 2.45) is 0 Å². The number of methoxy groups -OCH3 is 1. The highest BCUT2D eigenvalue weighted by Crippen LogP contribution is 2.39. The Labute approximate surface area is 94.8 Å².